The van der Waals surface area contributed by atoms with Crippen LogP contribution in [-0.4, -0.2) is 39.7 Å². The van der Waals surface area contributed by atoms with Gasteiger partial charge in [0.1, 0.15) is 11.6 Å². The van der Waals surface area contributed by atoms with Crippen LogP contribution in [0.5, 0.6) is 5.75 Å². The van der Waals surface area contributed by atoms with Gasteiger partial charge in [0.25, 0.3) is 0 Å². The number of phenols is 1. The lowest BCUT2D eigenvalue weighted by Gasteiger charge is -2.32. The van der Waals surface area contributed by atoms with Gasteiger partial charge in [-0.3, -0.25) is 0 Å². The number of phenolic OH excluding ortho intramolecular Hbond substituents is 1. The molecule has 0 aliphatic carbocycles. The van der Waals surface area contributed by atoms with Crippen LogP contribution in [0.3, 0.4) is 0 Å². The Bertz CT molecular complexity index is 1070. The first-order valence-corrected chi connectivity index (χ1v) is 11.0. The van der Waals surface area contributed by atoms with Gasteiger partial charge in [-0.1, -0.05) is 12.1 Å². The number of nitrogens with two attached hydrogens (primary N) is 3. The molecular weight excluding hydrogens is 402 g/mol. The maximum absolute atomic E-state index is 10.1. The van der Waals surface area contributed by atoms with Gasteiger partial charge < -0.3 is 32.2 Å². The molecule has 0 spiro atoms. The third-order valence-corrected chi connectivity index (χ3v) is 6.08. The summed E-state index contributed by atoms with van der Waals surface area (Å²) in [5.41, 5.74) is 22.3. The molecule has 2 aromatic heterocycles. The number of anilines is 2. The van der Waals surface area contributed by atoms with Gasteiger partial charge in [0.2, 0.25) is 5.95 Å². The Morgan fingerprint density at radius 3 is 2.59 bits per heavy atom. The van der Waals surface area contributed by atoms with Gasteiger partial charge in [-0.15, -0.1) is 0 Å². The summed E-state index contributed by atoms with van der Waals surface area (Å²) in [7, 11) is 0. The van der Waals surface area contributed by atoms with Crippen molar-refractivity contribution in [3.05, 3.63) is 65.1 Å². The van der Waals surface area contributed by atoms with Crippen LogP contribution in [0.15, 0.2) is 42.9 Å². The number of aromatic amines is 1. The van der Waals surface area contributed by atoms with E-state index < -0.39 is 0 Å². The number of aromatic nitrogens is 3. The highest BCUT2D eigenvalue weighted by atomic mass is 16.3. The van der Waals surface area contributed by atoms with E-state index in [1.165, 1.54) is 0 Å². The number of nitrogen functional groups attached to an aromatic ring is 1. The van der Waals surface area contributed by atoms with E-state index in [1.807, 2.05) is 30.7 Å². The summed E-state index contributed by atoms with van der Waals surface area (Å²) in [6.45, 7) is 2.42. The number of piperidine rings is 1. The fraction of sp³-hybridized carbons (Fsp3) is 0.333. The van der Waals surface area contributed by atoms with Gasteiger partial charge in [-0.25, -0.2) is 9.97 Å². The topological polar surface area (TPSA) is 143 Å². The lowest BCUT2D eigenvalue weighted by atomic mass is 9.88. The zero-order valence-electron chi connectivity index (χ0n) is 18.2. The SMILES string of the molecule is NCCCc1cnc(N2CCC(c3c[nH]c(N)c3/C=C(\N)c3ccccc3O)CC2)nc1. The molecule has 0 bridgehead atoms. The zero-order valence-corrected chi connectivity index (χ0v) is 18.2. The first-order chi connectivity index (χ1) is 15.6. The van der Waals surface area contributed by atoms with Crippen LogP contribution in [0.25, 0.3) is 11.8 Å². The Hall–Kier alpha value is -3.52. The Morgan fingerprint density at radius 1 is 1.19 bits per heavy atom. The van der Waals surface area contributed by atoms with Crippen molar-refractivity contribution in [2.75, 3.05) is 30.3 Å². The molecule has 0 amide bonds. The Kier molecular flexibility index (Phi) is 6.61. The van der Waals surface area contributed by atoms with Crippen LogP contribution in [0.2, 0.25) is 0 Å². The van der Waals surface area contributed by atoms with Crippen molar-refractivity contribution in [3.63, 3.8) is 0 Å². The zero-order chi connectivity index (χ0) is 22.5. The highest BCUT2D eigenvalue weighted by Crippen LogP contribution is 2.35. The summed E-state index contributed by atoms with van der Waals surface area (Å²) in [4.78, 5) is 14.5. The molecule has 0 atom stereocenters. The van der Waals surface area contributed by atoms with E-state index in [2.05, 4.69) is 19.9 Å². The lowest BCUT2D eigenvalue weighted by molar-refractivity contribution is 0.473. The number of aromatic hydroxyl groups is 1. The largest absolute Gasteiger partial charge is 0.507 e. The van der Waals surface area contributed by atoms with Gasteiger partial charge in [-0.05, 0) is 67.5 Å². The molecule has 1 saturated heterocycles. The quantitative estimate of drug-likeness (QED) is 0.385. The fourth-order valence-corrected chi connectivity index (χ4v) is 4.25. The van der Waals surface area contributed by atoms with Gasteiger partial charge in [0.05, 0.1) is 0 Å². The van der Waals surface area contributed by atoms with Crippen molar-refractivity contribution in [2.24, 2.45) is 11.5 Å². The van der Waals surface area contributed by atoms with E-state index >= 15 is 0 Å². The summed E-state index contributed by atoms with van der Waals surface area (Å²) in [6, 6.07) is 7.04. The van der Waals surface area contributed by atoms with Gasteiger partial charge >= 0.3 is 0 Å². The van der Waals surface area contributed by atoms with Crippen LogP contribution in [0, 0.1) is 0 Å². The molecular formula is C24H31N7O. The normalized spacial score (nSPS) is 15.3. The number of rotatable bonds is 7. The van der Waals surface area contributed by atoms with Crippen molar-refractivity contribution in [1.82, 2.24) is 15.0 Å². The molecule has 1 fully saturated rings. The average molecular weight is 434 g/mol. The van der Waals surface area contributed by atoms with E-state index in [9.17, 15) is 5.11 Å². The molecule has 32 heavy (non-hydrogen) atoms. The van der Waals surface area contributed by atoms with Crippen LogP contribution in [0.4, 0.5) is 11.8 Å². The number of H-pyrrole nitrogens is 1. The third kappa shape index (κ3) is 4.70. The van der Waals surface area contributed by atoms with E-state index in [0.29, 0.717) is 29.5 Å². The predicted molar refractivity (Wildman–Crippen MR) is 129 cm³/mol. The third-order valence-electron chi connectivity index (χ3n) is 6.08. The number of nitrogens with zero attached hydrogens (tertiary/aromatic N) is 3. The Labute approximate surface area is 188 Å². The van der Waals surface area contributed by atoms with Crippen molar-refractivity contribution in [3.8, 4) is 5.75 Å². The highest BCUT2D eigenvalue weighted by molar-refractivity contribution is 5.85. The van der Waals surface area contributed by atoms with Crippen LogP contribution < -0.4 is 22.1 Å². The van der Waals surface area contributed by atoms with Crippen LogP contribution >= 0.6 is 0 Å². The average Bonchev–Trinajstić information content (AvgIpc) is 3.18. The van der Waals surface area contributed by atoms with Crippen molar-refractivity contribution in [1.29, 1.82) is 0 Å². The molecule has 1 aliphatic heterocycles. The molecule has 4 rings (SSSR count). The second-order valence-electron chi connectivity index (χ2n) is 8.23. The second-order valence-corrected chi connectivity index (χ2v) is 8.23. The van der Waals surface area contributed by atoms with Crippen molar-refractivity contribution >= 4 is 23.5 Å². The first kappa shape index (κ1) is 21.7. The second kappa shape index (κ2) is 9.74. The molecule has 3 aromatic rings. The van der Waals surface area contributed by atoms with E-state index in [1.54, 1.807) is 18.2 Å². The molecule has 0 saturated carbocycles. The molecule has 8 heteroatoms. The maximum atomic E-state index is 10.1. The van der Waals surface area contributed by atoms with E-state index in [-0.39, 0.29) is 5.75 Å². The molecule has 0 radical (unpaired) electrons. The van der Waals surface area contributed by atoms with E-state index in [0.717, 1.165) is 61.4 Å². The molecule has 1 aliphatic rings. The fourth-order valence-electron chi connectivity index (χ4n) is 4.25. The van der Waals surface area contributed by atoms with Gasteiger partial charge in [0, 0.05) is 48.5 Å². The molecule has 8 N–H and O–H groups in total. The molecule has 0 unspecified atom stereocenters. The number of hydrogen-bond donors (Lipinski definition) is 5. The number of aryl methyl sites for hydroxylation is 1. The number of benzene rings is 1. The number of nitrogens with one attached hydrogen (secondary N) is 1. The van der Waals surface area contributed by atoms with Crippen LogP contribution in [0.1, 0.15) is 47.4 Å². The molecule has 168 valence electrons. The summed E-state index contributed by atoms with van der Waals surface area (Å²) < 4.78 is 0. The van der Waals surface area contributed by atoms with E-state index in [4.69, 9.17) is 17.2 Å². The Morgan fingerprint density at radius 2 is 1.91 bits per heavy atom. The monoisotopic (exact) mass is 433 g/mol. The lowest BCUT2D eigenvalue weighted by Crippen LogP contribution is -2.34. The predicted octanol–water partition coefficient (Wildman–Crippen LogP) is 2.82. The van der Waals surface area contributed by atoms with Gasteiger partial charge in [0.15, 0.2) is 0 Å². The Balaban J connectivity index is 1.46. The summed E-state index contributed by atoms with van der Waals surface area (Å²) in [6.07, 6.45) is 11.4. The minimum atomic E-state index is 0.152. The van der Waals surface area contributed by atoms with Crippen LogP contribution in [-0.2, 0) is 6.42 Å². The minimum absolute atomic E-state index is 0.152. The highest BCUT2D eigenvalue weighted by Gasteiger charge is 2.25. The number of para-hydroxylation sites is 1. The molecule has 8 nitrogen and oxygen atoms in total. The number of hydrogen-bond acceptors (Lipinski definition) is 7. The smallest absolute Gasteiger partial charge is 0.225 e. The van der Waals surface area contributed by atoms with Crippen molar-refractivity contribution in [2.45, 2.75) is 31.6 Å². The standard InChI is InChI=1S/C24H31N7O/c25-9-3-4-16-13-29-24(30-14-16)31-10-7-17(8-11-31)20-15-28-23(27)19(20)12-21(26)18-5-1-2-6-22(18)32/h1-2,5-6,12-15,17,28,32H,3-4,7-11,25-27H2/b21-12-. The minimum Gasteiger partial charge on any atom is -0.507 e. The maximum Gasteiger partial charge on any atom is 0.225 e. The van der Waals surface area contributed by atoms with Crippen molar-refractivity contribution < 1.29 is 5.11 Å². The molecule has 3 heterocycles. The van der Waals surface area contributed by atoms with Gasteiger partial charge in [-0.2, -0.15) is 0 Å². The summed E-state index contributed by atoms with van der Waals surface area (Å²) in [5.74, 6) is 1.86. The first-order valence-electron chi connectivity index (χ1n) is 11.0. The molecule has 1 aromatic carbocycles. The summed E-state index contributed by atoms with van der Waals surface area (Å²) >= 11 is 0. The summed E-state index contributed by atoms with van der Waals surface area (Å²) in [5, 5.41) is 10.1.